The Kier molecular flexibility index (Phi) is 4.03. The van der Waals surface area contributed by atoms with Gasteiger partial charge in [0.05, 0.1) is 6.04 Å². The SMILES string of the molecule is CCCNC(C)c1nn2c(COC)nnc2s1. The first-order valence-corrected chi connectivity index (χ1v) is 6.51. The lowest BCUT2D eigenvalue weighted by atomic mass is 10.3. The van der Waals surface area contributed by atoms with Gasteiger partial charge in [0.1, 0.15) is 11.6 Å². The normalized spacial score (nSPS) is 13.4. The molecular weight excluding hydrogens is 238 g/mol. The molecule has 0 aliphatic heterocycles. The van der Waals surface area contributed by atoms with Crippen molar-refractivity contribution in [1.29, 1.82) is 0 Å². The summed E-state index contributed by atoms with van der Waals surface area (Å²) in [6.45, 7) is 5.68. The Hall–Kier alpha value is -1.05. The van der Waals surface area contributed by atoms with E-state index in [1.54, 1.807) is 23.0 Å². The first-order chi connectivity index (χ1) is 8.26. The van der Waals surface area contributed by atoms with E-state index < -0.39 is 0 Å². The average molecular weight is 255 g/mol. The molecule has 2 aromatic rings. The standard InChI is InChI=1S/C10H17N5OS/c1-4-5-11-7(2)9-14-15-8(6-16-3)12-13-10(15)17-9/h7,11H,4-6H2,1-3H3. The van der Waals surface area contributed by atoms with Crippen molar-refractivity contribution in [2.24, 2.45) is 0 Å². The Morgan fingerprint density at radius 3 is 3.00 bits per heavy atom. The smallest absolute Gasteiger partial charge is 0.234 e. The maximum Gasteiger partial charge on any atom is 0.234 e. The summed E-state index contributed by atoms with van der Waals surface area (Å²) < 4.78 is 6.81. The first kappa shape index (κ1) is 12.4. The van der Waals surface area contributed by atoms with Gasteiger partial charge in [-0.15, -0.1) is 10.2 Å². The molecule has 0 saturated carbocycles. The summed E-state index contributed by atoms with van der Waals surface area (Å²) in [5, 5.41) is 17.1. The molecule has 0 aliphatic carbocycles. The van der Waals surface area contributed by atoms with E-state index in [9.17, 15) is 0 Å². The predicted molar refractivity (Wildman–Crippen MR) is 66.1 cm³/mol. The fourth-order valence-corrected chi connectivity index (χ4v) is 2.40. The van der Waals surface area contributed by atoms with Crippen LogP contribution >= 0.6 is 11.3 Å². The Morgan fingerprint density at radius 1 is 1.47 bits per heavy atom. The highest BCUT2D eigenvalue weighted by Crippen LogP contribution is 2.20. The van der Waals surface area contributed by atoms with Gasteiger partial charge in [0.15, 0.2) is 5.82 Å². The number of fused-ring (bicyclic) bond motifs is 1. The van der Waals surface area contributed by atoms with Crippen molar-refractivity contribution >= 4 is 16.3 Å². The van der Waals surface area contributed by atoms with Crippen LogP contribution in [0.5, 0.6) is 0 Å². The van der Waals surface area contributed by atoms with Gasteiger partial charge in [-0.1, -0.05) is 18.3 Å². The van der Waals surface area contributed by atoms with Crippen LogP contribution in [-0.2, 0) is 11.3 Å². The molecule has 1 atom stereocenters. The number of aromatic nitrogens is 4. The molecule has 2 heterocycles. The monoisotopic (exact) mass is 255 g/mol. The van der Waals surface area contributed by atoms with Crippen LogP contribution in [0.2, 0.25) is 0 Å². The molecule has 0 amide bonds. The maximum absolute atomic E-state index is 5.05. The summed E-state index contributed by atoms with van der Waals surface area (Å²) in [7, 11) is 1.64. The number of rotatable bonds is 6. The fourth-order valence-electron chi connectivity index (χ4n) is 1.51. The predicted octanol–water partition coefficient (Wildman–Crippen LogP) is 1.39. The highest BCUT2D eigenvalue weighted by atomic mass is 32.1. The molecule has 0 saturated heterocycles. The molecule has 17 heavy (non-hydrogen) atoms. The van der Waals surface area contributed by atoms with Crippen LogP contribution in [0.15, 0.2) is 0 Å². The van der Waals surface area contributed by atoms with Gasteiger partial charge in [-0.25, -0.2) is 0 Å². The van der Waals surface area contributed by atoms with E-state index in [0.717, 1.165) is 28.8 Å². The number of nitrogens with one attached hydrogen (secondary N) is 1. The van der Waals surface area contributed by atoms with Crippen LogP contribution in [0.3, 0.4) is 0 Å². The lowest BCUT2D eigenvalue weighted by molar-refractivity contribution is 0.176. The second kappa shape index (κ2) is 5.52. The quantitative estimate of drug-likeness (QED) is 0.845. The number of methoxy groups -OCH3 is 1. The summed E-state index contributed by atoms with van der Waals surface area (Å²) in [4.78, 5) is 0.817. The lowest BCUT2D eigenvalue weighted by Gasteiger charge is -2.08. The molecule has 0 radical (unpaired) electrons. The van der Waals surface area contributed by atoms with Gasteiger partial charge >= 0.3 is 0 Å². The molecule has 1 unspecified atom stereocenters. The van der Waals surface area contributed by atoms with Crippen molar-refractivity contribution < 1.29 is 4.74 Å². The first-order valence-electron chi connectivity index (χ1n) is 5.69. The third-order valence-corrected chi connectivity index (χ3v) is 3.50. The van der Waals surface area contributed by atoms with Crippen LogP contribution in [0.25, 0.3) is 4.96 Å². The van der Waals surface area contributed by atoms with Gasteiger partial charge in [0.25, 0.3) is 0 Å². The van der Waals surface area contributed by atoms with Crippen molar-refractivity contribution in [3.8, 4) is 0 Å². The zero-order valence-corrected chi connectivity index (χ0v) is 11.1. The summed E-state index contributed by atoms with van der Waals surface area (Å²) in [5.74, 6) is 0.743. The summed E-state index contributed by atoms with van der Waals surface area (Å²) in [6, 6.07) is 0.247. The number of hydrogen-bond donors (Lipinski definition) is 1. The summed E-state index contributed by atoms with van der Waals surface area (Å²) in [5.41, 5.74) is 0. The van der Waals surface area contributed by atoms with E-state index in [-0.39, 0.29) is 6.04 Å². The van der Waals surface area contributed by atoms with Crippen LogP contribution in [0.4, 0.5) is 0 Å². The van der Waals surface area contributed by atoms with Gasteiger partial charge in [-0.2, -0.15) is 9.61 Å². The van der Waals surface area contributed by atoms with Crippen LogP contribution in [0.1, 0.15) is 37.1 Å². The molecule has 94 valence electrons. The molecule has 0 spiro atoms. The van der Waals surface area contributed by atoms with Gasteiger partial charge in [0, 0.05) is 7.11 Å². The van der Waals surface area contributed by atoms with E-state index in [0.29, 0.717) is 6.61 Å². The van der Waals surface area contributed by atoms with Crippen molar-refractivity contribution in [2.45, 2.75) is 32.9 Å². The number of ether oxygens (including phenoxy) is 1. The summed E-state index contributed by atoms with van der Waals surface area (Å²) in [6.07, 6.45) is 1.11. The third kappa shape index (κ3) is 2.62. The minimum Gasteiger partial charge on any atom is -0.377 e. The molecule has 7 heteroatoms. The molecule has 6 nitrogen and oxygen atoms in total. The highest BCUT2D eigenvalue weighted by molar-refractivity contribution is 7.16. The minimum atomic E-state index is 0.247. The molecule has 2 aromatic heterocycles. The van der Waals surface area contributed by atoms with Crippen molar-refractivity contribution in [1.82, 2.24) is 25.1 Å². The molecule has 1 N–H and O–H groups in total. The van der Waals surface area contributed by atoms with Gasteiger partial charge in [-0.05, 0) is 19.9 Å². The topological polar surface area (TPSA) is 64.3 Å². The Morgan fingerprint density at radius 2 is 2.29 bits per heavy atom. The molecule has 0 aromatic carbocycles. The van der Waals surface area contributed by atoms with E-state index in [2.05, 4.69) is 34.5 Å². The second-order valence-electron chi connectivity index (χ2n) is 3.86. The minimum absolute atomic E-state index is 0.247. The Balaban J connectivity index is 2.19. The zero-order valence-electron chi connectivity index (χ0n) is 10.3. The maximum atomic E-state index is 5.05. The van der Waals surface area contributed by atoms with Crippen molar-refractivity contribution in [3.05, 3.63) is 10.8 Å². The highest BCUT2D eigenvalue weighted by Gasteiger charge is 2.15. The van der Waals surface area contributed by atoms with Gasteiger partial charge < -0.3 is 10.1 Å². The van der Waals surface area contributed by atoms with Crippen LogP contribution < -0.4 is 5.32 Å². The molecule has 0 fully saturated rings. The van der Waals surface area contributed by atoms with E-state index >= 15 is 0 Å². The fraction of sp³-hybridized carbons (Fsp3) is 0.700. The van der Waals surface area contributed by atoms with Crippen molar-refractivity contribution in [2.75, 3.05) is 13.7 Å². The van der Waals surface area contributed by atoms with Crippen LogP contribution in [-0.4, -0.2) is 33.5 Å². The second-order valence-corrected chi connectivity index (χ2v) is 4.85. The van der Waals surface area contributed by atoms with Gasteiger partial charge in [-0.3, -0.25) is 0 Å². The molecular formula is C10H17N5OS. The van der Waals surface area contributed by atoms with Crippen molar-refractivity contribution in [3.63, 3.8) is 0 Å². The molecule has 0 aliphatic rings. The van der Waals surface area contributed by atoms with E-state index in [1.165, 1.54) is 0 Å². The Bertz CT molecular complexity index is 480. The third-order valence-electron chi connectivity index (χ3n) is 2.42. The van der Waals surface area contributed by atoms with Crippen LogP contribution in [0, 0.1) is 0 Å². The Labute approximate surface area is 104 Å². The van der Waals surface area contributed by atoms with Gasteiger partial charge in [0.2, 0.25) is 4.96 Å². The largest absolute Gasteiger partial charge is 0.377 e. The molecule has 0 bridgehead atoms. The number of nitrogens with zero attached hydrogens (tertiary/aromatic N) is 4. The van der Waals surface area contributed by atoms with E-state index in [4.69, 9.17) is 4.74 Å². The summed E-state index contributed by atoms with van der Waals surface area (Å²) >= 11 is 1.56. The lowest BCUT2D eigenvalue weighted by Crippen LogP contribution is -2.19. The van der Waals surface area contributed by atoms with E-state index in [1.807, 2.05) is 0 Å². The average Bonchev–Trinajstić information content (AvgIpc) is 2.88. The zero-order chi connectivity index (χ0) is 12.3. The number of hydrogen-bond acceptors (Lipinski definition) is 6. The molecule has 2 rings (SSSR count).